The van der Waals surface area contributed by atoms with Crippen LogP contribution in [0.4, 0.5) is 11.5 Å². The summed E-state index contributed by atoms with van der Waals surface area (Å²) in [4.78, 5) is 17.4. The third kappa shape index (κ3) is 5.63. The highest BCUT2D eigenvalue weighted by Crippen LogP contribution is 2.18. The summed E-state index contributed by atoms with van der Waals surface area (Å²) in [5.74, 6) is 0.342. The molecule has 1 aromatic carbocycles. The van der Waals surface area contributed by atoms with E-state index in [-0.39, 0.29) is 24.3 Å². The van der Waals surface area contributed by atoms with Crippen molar-refractivity contribution in [1.82, 2.24) is 9.55 Å². The van der Waals surface area contributed by atoms with Crippen LogP contribution >= 0.6 is 11.6 Å². The highest BCUT2D eigenvalue weighted by atomic mass is 35.5. The number of hydrogen-bond donors (Lipinski definition) is 5. The first-order valence-electron chi connectivity index (χ1n) is 10.2. The molecule has 0 radical (unpaired) electrons. The van der Waals surface area contributed by atoms with Gasteiger partial charge in [-0.3, -0.25) is 9.36 Å². The monoisotopic (exact) mass is 467 g/mol. The van der Waals surface area contributed by atoms with Crippen molar-refractivity contribution in [3.8, 4) is 11.8 Å². The third-order valence-electron chi connectivity index (χ3n) is 5.12. The second kappa shape index (κ2) is 11.4. The molecule has 3 rings (SSSR count). The van der Waals surface area contributed by atoms with Gasteiger partial charge in [-0.15, -0.1) is 0 Å². The van der Waals surface area contributed by atoms with Crippen molar-refractivity contribution in [2.45, 2.75) is 19.0 Å². The molecule has 2 heterocycles. The third-order valence-corrected chi connectivity index (χ3v) is 5.49. The molecule has 3 aromatic rings. The lowest BCUT2D eigenvalue weighted by Gasteiger charge is -2.17. The smallest absolute Gasteiger partial charge is 0.269 e. The van der Waals surface area contributed by atoms with E-state index in [1.807, 2.05) is 29.6 Å². The number of nitrogens with two attached hydrogens (primary N) is 1. The normalized spacial score (nSPS) is 11.6. The molecule has 1 unspecified atom stereocenters. The van der Waals surface area contributed by atoms with Gasteiger partial charge in [0.05, 0.1) is 23.9 Å². The first kappa shape index (κ1) is 24.1. The minimum Gasteiger partial charge on any atom is -0.396 e. The Bertz CT molecular complexity index is 1240. The molecule has 0 saturated heterocycles. The van der Waals surface area contributed by atoms with Crippen molar-refractivity contribution >= 4 is 29.3 Å². The minimum absolute atomic E-state index is 0.115. The fourth-order valence-electron chi connectivity index (χ4n) is 3.35. The van der Waals surface area contributed by atoms with Crippen LogP contribution in [-0.4, -0.2) is 45.2 Å². The standard InChI is InChI=1S/C23H23ClN6O3/c24-19-4-2-1-3-15(19)12-27-20-5-7-30(23(33)18(20)11-26)21-9-22(28-13-16(21)10-25)29-17(14-32)6-8-31/h1-5,7,9,11,13,17,26-27,31-32H,6,8,12,14H2,(H,28,29)/p+1. The van der Waals surface area contributed by atoms with Crippen molar-refractivity contribution in [3.05, 3.63) is 80.9 Å². The number of quaternary nitrogens is 1. The lowest BCUT2D eigenvalue weighted by atomic mass is 10.1. The number of rotatable bonds is 10. The molecule has 0 saturated carbocycles. The molecule has 170 valence electrons. The van der Waals surface area contributed by atoms with E-state index in [9.17, 15) is 15.2 Å². The van der Waals surface area contributed by atoms with Gasteiger partial charge in [-0.25, -0.2) is 4.98 Å². The Labute approximate surface area is 195 Å². The summed E-state index contributed by atoms with van der Waals surface area (Å²) in [5, 5.41) is 41.3. The number of nitrogens with one attached hydrogen (secondary N) is 2. The zero-order valence-electron chi connectivity index (χ0n) is 17.7. The molecule has 6 N–H and O–H groups in total. The number of aliphatic hydroxyl groups excluding tert-OH is 2. The molecule has 0 aliphatic carbocycles. The fraction of sp³-hybridized carbons (Fsp3) is 0.217. The predicted molar refractivity (Wildman–Crippen MR) is 125 cm³/mol. The van der Waals surface area contributed by atoms with E-state index >= 15 is 0 Å². The van der Waals surface area contributed by atoms with Crippen molar-refractivity contribution in [1.29, 1.82) is 10.7 Å². The van der Waals surface area contributed by atoms with E-state index < -0.39 is 11.6 Å². The molecular formula is C23H24ClN6O3+. The molecular weight excluding hydrogens is 444 g/mol. The van der Waals surface area contributed by atoms with E-state index in [1.165, 1.54) is 16.8 Å². The van der Waals surface area contributed by atoms with Crippen LogP contribution in [0, 0.1) is 16.7 Å². The van der Waals surface area contributed by atoms with Gasteiger partial charge in [-0.2, -0.15) is 5.26 Å². The molecule has 0 aliphatic heterocycles. The molecule has 0 aliphatic rings. The van der Waals surface area contributed by atoms with Gasteiger partial charge in [0, 0.05) is 47.9 Å². The summed E-state index contributed by atoms with van der Waals surface area (Å²) in [6.07, 6.45) is 4.18. The van der Waals surface area contributed by atoms with Crippen molar-refractivity contribution in [2.24, 2.45) is 0 Å². The van der Waals surface area contributed by atoms with Gasteiger partial charge in [0.1, 0.15) is 29.7 Å². The lowest BCUT2D eigenvalue weighted by molar-refractivity contribution is -0.588. The second-order valence-electron chi connectivity index (χ2n) is 7.24. The molecule has 2 aromatic heterocycles. The van der Waals surface area contributed by atoms with E-state index in [0.717, 1.165) is 11.8 Å². The summed E-state index contributed by atoms with van der Waals surface area (Å²) in [7, 11) is 0. The average Bonchev–Trinajstić information content (AvgIpc) is 2.83. The number of aromatic nitrogens is 2. The summed E-state index contributed by atoms with van der Waals surface area (Å²) in [6, 6.07) is 12.2. The molecule has 33 heavy (non-hydrogen) atoms. The Morgan fingerprint density at radius 1 is 1.33 bits per heavy atom. The summed E-state index contributed by atoms with van der Waals surface area (Å²) in [5.41, 5.74) is 1.67. The van der Waals surface area contributed by atoms with Crippen molar-refractivity contribution in [3.63, 3.8) is 0 Å². The number of anilines is 1. The highest BCUT2D eigenvalue weighted by Gasteiger charge is 2.17. The minimum atomic E-state index is -0.458. The molecule has 10 heteroatoms. The maximum atomic E-state index is 13.2. The number of benzene rings is 1. The average molecular weight is 468 g/mol. The van der Waals surface area contributed by atoms with Gasteiger partial charge in [0.15, 0.2) is 0 Å². The number of pyridine rings is 2. The van der Waals surface area contributed by atoms with E-state index in [4.69, 9.17) is 22.1 Å². The van der Waals surface area contributed by atoms with Crippen LogP contribution in [0.25, 0.3) is 5.69 Å². The van der Waals surface area contributed by atoms with E-state index in [2.05, 4.69) is 10.3 Å². The zero-order chi connectivity index (χ0) is 23.8. The van der Waals surface area contributed by atoms with Crippen molar-refractivity contribution in [2.75, 3.05) is 18.5 Å². The molecule has 9 nitrogen and oxygen atoms in total. The van der Waals surface area contributed by atoms with Crippen LogP contribution in [-0.2, 0) is 6.54 Å². The van der Waals surface area contributed by atoms with Gasteiger partial charge in [0.2, 0.25) is 0 Å². The first-order chi connectivity index (χ1) is 16.0. The number of halogens is 1. The quantitative estimate of drug-likeness (QED) is 0.283. The molecule has 1 atom stereocenters. The van der Waals surface area contributed by atoms with Gasteiger partial charge >= 0.3 is 0 Å². The number of nitrogens with zero attached hydrogens (tertiary/aromatic N) is 3. The molecule has 0 fully saturated rings. The van der Waals surface area contributed by atoms with Crippen LogP contribution < -0.4 is 16.2 Å². The molecule has 0 bridgehead atoms. The van der Waals surface area contributed by atoms with E-state index in [0.29, 0.717) is 35.2 Å². The second-order valence-corrected chi connectivity index (χ2v) is 7.65. The van der Waals surface area contributed by atoms with Crippen LogP contribution in [0.15, 0.2) is 53.6 Å². The maximum absolute atomic E-state index is 13.2. The Hall–Kier alpha value is -3.55. The number of hydrogen-bond acceptors (Lipinski definition) is 7. The summed E-state index contributed by atoms with van der Waals surface area (Å²) >= 11 is 6.21. The Morgan fingerprint density at radius 2 is 2.12 bits per heavy atom. The molecule has 0 amide bonds. The van der Waals surface area contributed by atoms with Crippen molar-refractivity contribution < 1.29 is 15.5 Å². The van der Waals surface area contributed by atoms with Gasteiger partial charge in [-0.1, -0.05) is 29.8 Å². The maximum Gasteiger partial charge on any atom is 0.269 e. The first-order valence-corrected chi connectivity index (χ1v) is 10.6. The fourth-order valence-corrected chi connectivity index (χ4v) is 3.56. The highest BCUT2D eigenvalue weighted by molar-refractivity contribution is 6.31. The SMILES string of the molecule is N#Cc1cnc(NC(CO)CCO)cc1-n1ccc([NH2+]Cc2ccccc2Cl)c(C=N)c1=O. The number of nitriles is 1. The largest absolute Gasteiger partial charge is 0.396 e. The Morgan fingerprint density at radius 3 is 2.79 bits per heavy atom. The molecule has 0 spiro atoms. The summed E-state index contributed by atoms with van der Waals surface area (Å²) < 4.78 is 1.29. The number of aliphatic hydroxyl groups is 2. The van der Waals surface area contributed by atoms with Crippen LogP contribution in [0.5, 0.6) is 0 Å². The lowest BCUT2D eigenvalue weighted by Crippen LogP contribution is -2.77. The Kier molecular flexibility index (Phi) is 8.29. The van der Waals surface area contributed by atoms with E-state index in [1.54, 1.807) is 18.3 Å². The topological polar surface area (TPSA) is 152 Å². The zero-order valence-corrected chi connectivity index (χ0v) is 18.5. The van der Waals surface area contributed by atoms with Crippen LogP contribution in [0.3, 0.4) is 0 Å². The van der Waals surface area contributed by atoms with Gasteiger partial charge in [0.25, 0.3) is 5.56 Å². The summed E-state index contributed by atoms with van der Waals surface area (Å²) in [6.45, 7) is 0.158. The van der Waals surface area contributed by atoms with Crippen LogP contribution in [0.1, 0.15) is 23.1 Å². The van der Waals surface area contributed by atoms with Gasteiger partial charge < -0.3 is 26.3 Å². The Balaban J connectivity index is 1.97. The van der Waals surface area contributed by atoms with Crippen LogP contribution in [0.2, 0.25) is 5.02 Å². The predicted octanol–water partition coefficient (Wildman–Crippen LogP) is 1.31. The van der Waals surface area contributed by atoms with Gasteiger partial charge in [-0.05, 0) is 12.5 Å².